The van der Waals surface area contributed by atoms with Crippen LogP contribution in [0.25, 0.3) is 0 Å². The number of hydrogen-bond donors (Lipinski definition) is 1. The van der Waals surface area contributed by atoms with Crippen LogP contribution in [0.1, 0.15) is 40.0 Å². The zero-order valence-electron chi connectivity index (χ0n) is 19.0. The topological polar surface area (TPSA) is 185 Å². The van der Waals surface area contributed by atoms with Gasteiger partial charge in [-0.3, -0.25) is 29.9 Å². The van der Waals surface area contributed by atoms with Crippen LogP contribution in [0.15, 0.2) is 12.3 Å². The monoisotopic (exact) mass is 475 g/mol. The number of pyridine rings is 1. The van der Waals surface area contributed by atoms with E-state index in [1.165, 1.54) is 9.80 Å². The van der Waals surface area contributed by atoms with Gasteiger partial charge in [-0.25, -0.2) is 9.78 Å². The largest absolute Gasteiger partial charge is 0.444 e. The van der Waals surface area contributed by atoms with Crippen molar-refractivity contribution in [2.45, 2.75) is 63.8 Å². The normalized spacial score (nSPS) is 22.2. The number of nitrogens with one attached hydrogen (secondary N) is 1. The van der Waals surface area contributed by atoms with Gasteiger partial charge in [0, 0.05) is 19.1 Å². The maximum absolute atomic E-state index is 13.3. The Morgan fingerprint density at radius 3 is 2.56 bits per heavy atom. The number of carbonyl (C=O) groups excluding carboxylic acids is 2. The highest BCUT2D eigenvalue weighted by molar-refractivity contribution is 5.87. The van der Waals surface area contributed by atoms with Crippen LogP contribution in [0.2, 0.25) is 0 Å². The summed E-state index contributed by atoms with van der Waals surface area (Å²) in [7, 11) is 0. The number of rotatable bonds is 5. The fourth-order valence-electron chi connectivity index (χ4n) is 4.04. The second-order valence-electron chi connectivity index (χ2n) is 9.12. The summed E-state index contributed by atoms with van der Waals surface area (Å²) in [6.07, 6.45) is 1.46. The Hall–Kier alpha value is -4.02. The van der Waals surface area contributed by atoms with Crippen molar-refractivity contribution < 1.29 is 24.2 Å². The van der Waals surface area contributed by atoms with Crippen molar-refractivity contribution in [3.05, 3.63) is 32.5 Å². The highest BCUT2D eigenvalue weighted by Crippen LogP contribution is 2.31. The SMILES string of the molecule is CC(C)(C)OC(=O)N1C[C@@H](Nc2ncc([N+](=O)[O-])cc2[N+](=O)[O-])C[C@H]1C(=O)N1CCCC1C#N. The molecular formula is C20H25N7O7. The fourth-order valence-corrected chi connectivity index (χ4v) is 4.04. The first-order valence-corrected chi connectivity index (χ1v) is 10.7. The van der Waals surface area contributed by atoms with E-state index in [-0.39, 0.29) is 18.8 Å². The molecule has 1 aromatic rings. The van der Waals surface area contributed by atoms with Crippen LogP contribution in [0, 0.1) is 31.6 Å². The van der Waals surface area contributed by atoms with Gasteiger partial charge in [0.15, 0.2) is 0 Å². The molecule has 1 unspecified atom stereocenters. The molecule has 1 aromatic heterocycles. The van der Waals surface area contributed by atoms with Gasteiger partial charge >= 0.3 is 11.8 Å². The number of nitriles is 1. The molecule has 14 heteroatoms. The lowest BCUT2D eigenvalue weighted by Crippen LogP contribution is -2.50. The Morgan fingerprint density at radius 2 is 1.97 bits per heavy atom. The lowest BCUT2D eigenvalue weighted by molar-refractivity contribution is -0.394. The lowest BCUT2D eigenvalue weighted by atomic mass is 10.1. The number of likely N-dealkylation sites (tertiary alicyclic amines) is 2. The second kappa shape index (κ2) is 9.46. The molecule has 1 N–H and O–H groups in total. The van der Waals surface area contributed by atoms with Gasteiger partial charge in [0.2, 0.25) is 11.7 Å². The number of nitro groups is 2. The lowest BCUT2D eigenvalue weighted by Gasteiger charge is -2.30. The third kappa shape index (κ3) is 5.30. The molecule has 0 aliphatic carbocycles. The van der Waals surface area contributed by atoms with Crippen molar-refractivity contribution >= 4 is 29.2 Å². The second-order valence-corrected chi connectivity index (χ2v) is 9.12. The van der Waals surface area contributed by atoms with Crippen LogP contribution < -0.4 is 5.32 Å². The molecule has 0 saturated carbocycles. The summed E-state index contributed by atoms with van der Waals surface area (Å²) in [6.45, 7) is 5.42. The molecule has 182 valence electrons. The van der Waals surface area contributed by atoms with Gasteiger partial charge in [-0.1, -0.05) is 0 Å². The summed E-state index contributed by atoms with van der Waals surface area (Å²) in [4.78, 5) is 53.5. The summed E-state index contributed by atoms with van der Waals surface area (Å²) >= 11 is 0. The number of nitrogens with zero attached hydrogens (tertiary/aromatic N) is 6. The smallest absolute Gasteiger partial charge is 0.411 e. The average molecular weight is 475 g/mol. The van der Waals surface area contributed by atoms with Crippen molar-refractivity contribution in [1.82, 2.24) is 14.8 Å². The molecule has 0 radical (unpaired) electrons. The van der Waals surface area contributed by atoms with E-state index < -0.39 is 56.9 Å². The molecule has 3 heterocycles. The third-order valence-corrected chi connectivity index (χ3v) is 5.50. The predicted molar refractivity (Wildman–Crippen MR) is 117 cm³/mol. The van der Waals surface area contributed by atoms with Crippen LogP contribution >= 0.6 is 0 Å². The van der Waals surface area contributed by atoms with E-state index >= 15 is 0 Å². The van der Waals surface area contributed by atoms with Crippen LogP contribution in [0.5, 0.6) is 0 Å². The van der Waals surface area contributed by atoms with Gasteiger partial charge in [0.25, 0.3) is 5.69 Å². The number of aromatic nitrogens is 1. The molecule has 14 nitrogen and oxygen atoms in total. The summed E-state index contributed by atoms with van der Waals surface area (Å²) in [5.41, 5.74) is -1.96. The average Bonchev–Trinajstić information content (AvgIpc) is 3.39. The Kier molecular flexibility index (Phi) is 6.85. The van der Waals surface area contributed by atoms with E-state index in [4.69, 9.17) is 4.74 Å². The Bertz CT molecular complexity index is 1050. The Morgan fingerprint density at radius 1 is 1.26 bits per heavy atom. The molecule has 2 fully saturated rings. The van der Waals surface area contributed by atoms with Gasteiger partial charge in [0.05, 0.1) is 22.0 Å². The molecule has 3 atom stereocenters. The Balaban J connectivity index is 1.87. The van der Waals surface area contributed by atoms with Gasteiger partial charge < -0.3 is 15.0 Å². The van der Waals surface area contributed by atoms with E-state index in [1.807, 2.05) is 0 Å². The molecule has 2 aliphatic heterocycles. The van der Waals surface area contributed by atoms with Crippen LogP contribution in [0.3, 0.4) is 0 Å². The van der Waals surface area contributed by atoms with Crippen LogP contribution in [-0.2, 0) is 9.53 Å². The summed E-state index contributed by atoms with van der Waals surface area (Å²) in [6, 6.07) is 0.734. The fraction of sp³-hybridized carbons (Fsp3) is 0.600. The molecule has 0 spiro atoms. The number of carbonyl (C=O) groups is 2. The summed E-state index contributed by atoms with van der Waals surface area (Å²) < 4.78 is 5.45. The summed E-state index contributed by atoms with van der Waals surface area (Å²) in [5, 5.41) is 34.6. The highest BCUT2D eigenvalue weighted by atomic mass is 16.6. The highest BCUT2D eigenvalue weighted by Gasteiger charge is 2.45. The zero-order chi connectivity index (χ0) is 25.2. The van der Waals surface area contributed by atoms with Gasteiger partial charge in [0.1, 0.15) is 23.9 Å². The Labute approximate surface area is 194 Å². The van der Waals surface area contributed by atoms with Crippen molar-refractivity contribution in [3.8, 4) is 6.07 Å². The first-order chi connectivity index (χ1) is 15.9. The van der Waals surface area contributed by atoms with Crippen LogP contribution in [-0.4, -0.2) is 73.4 Å². The van der Waals surface area contributed by atoms with Gasteiger partial charge in [-0.05, 0) is 40.0 Å². The van der Waals surface area contributed by atoms with E-state index in [1.54, 1.807) is 20.8 Å². The molecular weight excluding hydrogens is 450 g/mol. The first kappa shape index (κ1) is 24.6. The number of hydrogen-bond acceptors (Lipinski definition) is 10. The van der Waals surface area contributed by atoms with Crippen molar-refractivity contribution in [2.75, 3.05) is 18.4 Å². The van der Waals surface area contributed by atoms with E-state index in [2.05, 4.69) is 16.4 Å². The van der Waals surface area contributed by atoms with Crippen molar-refractivity contribution in [3.63, 3.8) is 0 Å². The first-order valence-electron chi connectivity index (χ1n) is 10.7. The van der Waals surface area contributed by atoms with Gasteiger partial charge in [-0.15, -0.1) is 0 Å². The maximum Gasteiger partial charge on any atom is 0.411 e. The minimum atomic E-state index is -0.946. The standard InChI is InChI=1S/C20H25N7O7/c1-20(2,3)34-19(29)25-11-12(7-16(25)18(28)24-6-4-5-13(24)9-21)23-17-15(27(32)33)8-14(10-22-17)26(30)31/h8,10,12-13,16H,4-7,11H2,1-3H3,(H,22,23)/t12-,13?,16-/m0/s1. The molecule has 0 aromatic carbocycles. The predicted octanol–water partition coefficient (Wildman–Crippen LogP) is 2.20. The minimum absolute atomic E-state index is 0.0216. The quantitative estimate of drug-likeness (QED) is 0.489. The molecule has 2 amide bonds. The van der Waals surface area contributed by atoms with Crippen molar-refractivity contribution in [1.29, 1.82) is 5.26 Å². The van der Waals surface area contributed by atoms with Gasteiger partial charge in [-0.2, -0.15) is 5.26 Å². The number of ether oxygens (including phenoxy) is 1. The molecule has 3 rings (SSSR count). The number of anilines is 1. The molecule has 0 bridgehead atoms. The number of amides is 2. The van der Waals surface area contributed by atoms with Crippen LogP contribution in [0.4, 0.5) is 22.0 Å². The van der Waals surface area contributed by atoms with E-state index in [0.29, 0.717) is 19.4 Å². The third-order valence-electron chi connectivity index (χ3n) is 5.50. The maximum atomic E-state index is 13.3. The minimum Gasteiger partial charge on any atom is -0.444 e. The molecule has 2 aliphatic rings. The molecule has 2 saturated heterocycles. The van der Waals surface area contributed by atoms with Crippen molar-refractivity contribution in [2.24, 2.45) is 0 Å². The summed E-state index contributed by atoms with van der Waals surface area (Å²) in [5.74, 6) is -0.612. The zero-order valence-corrected chi connectivity index (χ0v) is 19.0. The van der Waals surface area contributed by atoms with E-state index in [0.717, 1.165) is 12.3 Å². The molecule has 34 heavy (non-hydrogen) atoms. The van der Waals surface area contributed by atoms with E-state index in [9.17, 15) is 35.1 Å².